The maximum absolute atomic E-state index is 12.6. The highest BCUT2D eigenvalue weighted by Crippen LogP contribution is 2.25. The van der Waals surface area contributed by atoms with E-state index in [9.17, 15) is 13.0 Å². The average molecular weight is 293 g/mol. The molecule has 0 aromatic heterocycles. The van der Waals surface area contributed by atoms with Crippen LogP contribution < -0.4 is 10.6 Å². The molecule has 0 spiro atoms. The molecule has 2 aromatic rings. The summed E-state index contributed by atoms with van der Waals surface area (Å²) in [4.78, 5) is 0.138. The number of sulfone groups is 1. The molecule has 98 valence electrons. The van der Waals surface area contributed by atoms with E-state index in [1.54, 1.807) is 30.3 Å². The van der Waals surface area contributed by atoms with E-state index in [-0.39, 0.29) is 4.90 Å². The molecule has 1 unspecified atom stereocenters. The number of hydrogen-bond donors (Lipinski definition) is 0. The Morgan fingerprint density at radius 3 is 2.00 bits per heavy atom. The molecule has 0 fully saturated rings. The average Bonchev–Trinajstić information content (AvgIpc) is 2.37. The third kappa shape index (κ3) is 2.91. The summed E-state index contributed by atoms with van der Waals surface area (Å²) >= 11 is 0. The second kappa shape index (κ2) is 5.24. The number of hydrogen-bond acceptors (Lipinski definition) is 3. The van der Waals surface area contributed by atoms with Crippen molar-refractivity contribution in [2.75, 3.05) is 6.26 Å². The highest BCUT2D eigenvalue weighted by molar-refractivity contribution is 7.91. The Morgan fingerprint density at radius 2 is 1.42 bits per heavy atom. The number of aryl methyl sites for hydroxylation is 1. The predicted molar refractivity (Wildman–Crippen MR) is 77.6 cm³/mol. The quantitative estimate of drug-likeness (QED) is 0.815. The van der Waals surface area contributed by atoms with Crippen molar-refractivity contribution in [3.63, 3.8) is 0 Å². The highest BCUT2D eigenvalue weighted by Gasteiger charge is 2.31. The van der Waals surface area contributed by atoms with Crippen molar-refractivity contribution in [2.45, 2.75) is 11.8 Å². The molecule has 0 radical (unpaired) electrons. The van der Waals surface area contributed by atoms with Crippen LogP contribution in [0.4, 0.5) is 0 Å². The lowest BCUT2D eigenvalue weighted by atomic mass is 10.2. The van der Waals surface area contributed by atoms with Crippen molar-refractivity contribution in [1.29, 1.82) is 0 Å². The van der Waals surface area contributed by atoms with Gasteiger partial charge in [0.15, 0.2) is 15.1 Å². The van der Waals surface area contributed by atoms with E-state index in [4.69, 9.17) is 0 Å². The summed E-state index contributed by atoms with van der Waals surface area (Å²) in [6, 6.07) is 13.8. The molecule has 0 saturated heterocycles. The summed E-state index contributed by atoms with van der Waals surface area (Å²) in [5, 5.41) is 1.04. The van der Waals surface area contributed by atoms with E-state index in [1.807, 2.05) is 19.1 Å². The Bertz CT molecular complexity index is 736. The minimum Gasteiger partial charge on any atom is -0.224 e. The topological polar surface area (TPSA) is 51.2 Å². The molecule has 0 aliphatic carbocycles. The molecule has 0 heterocycles. The Balaban J connectivity index is 2.61. The van der Waals surface area contributed by atoms with Gasteiger partial charge in [-0.2, -0.15) is 0 Å². The van der Waals surface area contributed by atoms with E-state index in [1.165, 1.54) is 6.07 Å². The van der Waals surface area contributed by atoms with E-state index in [0.717, 1.165) is 11.8 Å². The first-order valence-corrected chi connectivity index (χ1v) is 8.88. The summed E-state index contributed by atoms with van der Waals surface area (Å²) in [5.41, 5.74) is 0.895. The first-order chi connectivity index (χ1) is 8.91. The van der Waals surface area contributed by atoms with E-state index in [0.29, 0.717) is 10.6 Å². The second-order valence-corrected chi connectivity index (χ2v) is 7.86. The molecular formula is C14H14O3PS+. The molecule has 0 aliphatic rings. The highest BCUT2D eigenvalue weighted by atomic mass is 32.2. The van der Waals surface area contributed by atoms with E-state index in [2.05, 4.69) is 0 Å². The molecule has 2 aromatic carbocycles. The molecule has 5 heteroatoms. The van der Waals surface area contributed by atoms with Crippen molar-refractivity contribution in [3.05, 3.63) is 54.1 Å². The summed E-state index contributed by atoms with van der Waals surface area (Å²) < 4.78 is 36.1. The van der Waals surface area contributed by atoms with Crippen LogP contribution in [-0.2, 0) is 14.4 Å². The normalized spacial score (nSPS) is 12.2. The van der Waals surface area contributed by atoms with Crippen molar-refractivity contribution in [2.24, 2.45) is 0 Å². The minimum absolute atomic E-state index is 0.138. The fourth-order valence-corrected chi connectivity index (χ4v) is 4.75. The summed E-state index contributed by atoms with van der Waals surface area (Å²) in [7, 11) is -5.29. The van der Waals surface area contributed by atoms with Gasteiger partial charge in [-0.15, -0.1) is 0 Å². The van der Waals surface area contributed by atoms with Crippen LogP contribution in [0.2, 0.25) is 0 Å². The van der Waals surface area contributed by atoms with Crippen LogP contribution in [-0.4, -0.2) is 14.7 Å². The molecule has 0 bridgehead atoms. The van der Waals surface area contributed by atoms with Gasteiger partial charge in [0.05, 0.1) is 0 Å². The van der Waals surface area contributed by atoms with Gasteiger partial charge >= 0.3 is 7.80 Å². The number of rotatable bonds is 3. The van der Waals surface area contributed by atoms with Gasteiger partial charge in [-0.25, -0.2) is 8.42 Å². The van der Waals surface area contributed by atoms with Crippen LogP contribution >= 0.6 is 7.80 Å². The maximum atomic E-state index is 12.6. The van der Waals surface area contributed by atoms with Crippen molar-refractivity contribution in [1.82, 2.24) is 0 Å². The SMILES string of the molecule is Cc1ccccc1[P+](=O)c1ccccc1S(C)(=O)=O. The summed E-state index contributed by atoms with van der Waals surface area (Å²) in [6.07, 6.45) is 1.13. The zero-order valence-electron chi connectivity index (χ0n) is 10.7. The van der Waals surface area contributed by atoms with E-state index < -0.39 is 17.6 Å². The lowest BCUT2D eigenvalue weighted by Gasteiger charge is -2.00. The maximum Gasteiger partial charge on any atom is 0.416 e. The zero-order valence-corrected chi connectivity index (χ0v) is 12.4. The van der Waals surface area contributed by atoms with E-state index >= 15 is 0 Å². The lowest BCUT2D eigenvalue weighted by molar-refractivity contribution is 0.595. The largest absolute Gasteiger partial charge is 0.416 e. The number of benzene rings is 2. The van der Waals surface area contributed by atoms with Crippen LogP contribution in [0.3, 0.4) is 0 Å². The van der Waals surface area contributed by atoms with Crippen LogP contribution in [0.5, 0.6) is 0 Å². The van der Waals surface area contributed by atoms with Crippen molar-refractivity contribution < 1.29 is 13.0 Å². The first-order valence-electron chi connectivity index (χ1n) is 5.73. The standard InChI is InChI=1S/C14H14O3PS/c1-11-7-3-4-8-12(11)18(15)13-9-5-6-10-14(13)19(2,16)17/h3-10H,1-2H3/q+1. The van der Waals surface area contributed by atoms with Gasteiger partial charge < -0.3 is 0 Å². The molecule has 0 saturated carbocycles. The molecule has 0 N–H and O–H groups in total. The molecular weight excluding hydrogens is 279 g/mol. The zero-order chi connectivity index (χ0) is 14.0. The smallest absolute Gasteiger partial charge is 0.224 e. The fraction of sp³-hybridized carbons (Fsp3) is 0.143. The van der Waals surface area contributed by atoms with Crippen LogP contribution in [0.25, 0.3) is 0 Å². The van der Waals surface area contributed by atoms with Gasteiger partial charge in [-0.1, -0.05) is 34.9 Å². The molecule has 2 rings (SSSR count). The van der Waals surface area contributed by atoms with Crippen molar-refractivity contribution in [3.8, 4) is 0 Å². The van der Waals surface area contributed by atoms with Gasteiger partial charge in [-0.3, -0.25) is 0 Å². The Labute approximate surface area is 114 Å². The Kier molecular flexibility index (Phi) is 3.83. The Morgan fingerprint density at radius 1 is 0.895 bits per heavy atom. The van der Waals surface area contributed by atoms with Crippen LogP contribution in [0, 0.1) is 6.92 Å². The van der Waals surface area contributed by atoms with Gasteiger partial charge in [0.1, 0.15) is 4.90 Å². The predicted octanol–water partition coefficient (Wildman–Crippen LogP) is 2.18. The molecule has 0 aliphatic heterocycles. The minimum atomic E-state index is -3.38. The van der Waals surface area contributed by atoms with Crippen molar-refractivity contribution >= 4 is 28.2 Å². The first kappa shape index (κ1) is 13.9. The monoisotopic (exact) mass is 293 g/mol. The summed E-state index contributed by atoms with van der Waals surface area (Å²) in [6.45, 7) is 1.87. The second-order valence-electron chi connectivity index (χ2n) is 4.32. The summed E-state index contributed by atoms with van der Waals surface area (Å²) in [5.74, 6) is 0. The fourth-order valence-electron chi connectivity index (χ4n) is 1.86. The van der Waals surface area contributed by atoms with Crippen LogP contribution in [0.15, 0.2) is 53.4 Å². The van der Waals surface area contributed by atoms with Gasteiger partial charge in [-0.05, 0) is 25.1 Å². The molecule has 3 nitrogen and oxygen atoms in total. The third-order valence-corrected chi connectivity index (χ3v) is 5.89. The molecule has 19 heavy (non-hydrogen) atoms. The van der Waals surface area contributed by atoms with Gasteiger partial charge in [0, 0.05) is 11.8 Å². The lowest BCUT2D eigenvalue weighted by Crippen LogP contribution is -2.16. The third-order valence-electron chi connectivity index (χ3n) is 2.82. The Hall–Kier alpha value is -1.51. The molecule has 1 atom stereocenters. The van der Waals surface area contributed by atoms with Gasteiger partial charge in [0.2, 0.25) is 5.30 Å². The molecule has 0 amide bonds. The van der Waals surface area contributed by atoms with Crippen LogP contribution in [0.1, 0.15) is 5.56 Å². The van der Waals surface area contributed by atoms with Gasteiger partial charge in [0.25, 0.3) is 0 Å².